The van der Waals surface area contributed by atoms with Crippen LogP contribution in [0.1, 0.15) is 38.7 Å². The van der Waals surface area contributed by atoms with Gasteiger partial charge in [-0.15, -0.1) is 0 Å². The highest BCUT2D eigenvalue weighted by Gasteiger charge is 2.18. The Morgan fingerprint density at radius 2 is 1.94 bits per heavy atom. The minimum Gasteiger partial charge on any atom is -0.302 e. The number of aldehydes is 1. The molecular formula is C15H20O. The second kappa shape index (κ2) is 6.26. The number of hydrogen-bond donors (Lipinski definition) is 0. The summed E-state index contributed by atoms with van der Waals surface area (Å²) in [5.74, 6) is 0. The Kier molecular flexibility index (Phi) is 4.97. The third-order valence-electron chi connectivity index (χ3n) is 2.79. The van der Waals surface area contributed by atoms with Gasteiger partial charge >= 0.3 is 0 Å². The topological polar surface area (TPSA) is 17.1 Å². The lowest BCUT2D eigenvalue weighted by molar-refractivity contribution is -0.113. The van der Waals surface area contributed by atoms with Gasteiger partial charge in [-0.25, -0.2) is 0 Å². The largest absolute Gasteiger partial charge is 0.302 e. The van der Waals surface area contributed by atoms with Crippen LogP contribution in [0.3, 0.4) is 0 Å². The van der Waals surface area contributed by atoms with Crippen LogP contribution in [0, 0.1) is 5.41 Å². The minimum atomic E-state index is -0.314. The van der Waals surface area contributed by atoms with Gasteiger partial charge in [0.05, 0.1) is 0 Å². The van der Waals surface area contributed by atoms with E-state index in [-0.39, 0.29) is 5.41 Å². The first-order valence-corrected chi connectivity index (χ1v) is 5.91. The Morgan fingerprint density at radius 3 is 2.50 bits per heavy atom. The van der Waals surface area contributed by atoms with Crippen molar-refractivity contribution in [2.45, 2.75) is 33.1 Å². The third-order valence-corrected chi connectivity index (χ3v) is 2.79. The van der Waals surface area contributed by atoms with Crippen molar-refractivity contribution in [3.63, 3.8) is 0 Å². The maximum Gasteiger partial charge on any atom is 0.129 e. The molecule has 1 atom stereocenters. The van der Waals surface area contributed by atoms with E-state index in [2.05, 4.69) is 6.92 Å². The monoisotopic (exact) mass is 216 g/mol. The molecule has 0 spiro atoms. The number of unbranched alkanes of at least 4 members (excludes halogenated alkanes) is 1. The zero-order chi connectivity index (χ0) is 11.9. The molecule has 0 saturated carbocycles. The van der Waals surface area contributed by atoms with E-state index in [9.17, 15) is 4.79 Å². The molecule has 1 heteroatoms. The lowest BCUT2D eigenvalue weighted by atomic mass is 9.86. The number of carbonyl (C=O) groups excluding carboxylic acids is 1. The van der Waals surface area contributed by atoms with Gasteiger partial charge in [0.25, 0.3) is 0 Å². The average Bonchev–Trinajstić information content (AvgIpc) is 2.35. The highest BCUT2D eigenvalue weighted by atomic mass is 16.1. The number of allylic oxidation sites excluding steroid dienone is 1. The van der Waals surface area contributed by atoms with Gasteiger partial charge in [-0.2, -0.15) is 0 Å². The molecule has 16 heavy (non-hydrogen) atoms. The predicted octanol–water partition coefficient (Wildman–Crippen LogP) is 4.10. The highest BCUT2D eigenvalue weighted by molar-refractivity contribution is 5.65. The van der Waals surface area contributed by atoms with Gasteiger partial charge in [-0.1, -0.05) is 62.2 Å². The van der Waals surface area contributed by atoms with Gasteiger partial charge in [-0.3, -0.25) is 0 Å². The molecule has 0 aliphatic rings. The molecule has 0 aliphatic heterocycles. The first-order chi connectivity index (χ1) is 7.70. The first-order valence-electron chi connectivity index (χ1n) is 5.91. The molecule has 0 bridgehead atoms. The lowest BCUT2D eigenvalue weighted by Crippen LogP contribution is -2.14. The first kappa shape index (κ1) is 12.7. The van der Waals surface area contributed by atoms with Crippen molar-refractivity contribution >= 4 is 12.4 Å². The second-order valence-electron chi connectivity index (χ2n) is 4.47. The normalized spacial score (nSPS) is 14.9. The van der Waals surface area contributed by atoms with Crippen molar-refractivity contribution in [2.75, 3.05) is 0 Å². The van der Waals surface area contributed by atoms with Crippen LogP contribution >= 0.6 is 0 Å². The summed E-state index contributed by atoms with van der Waals surface area (Å²) in [4.78, 5) is 11.1. The smallest absolute Gasteiger partial charge is 0.129 e. The van der Waals surface area contributed by atoms with Crippen LogP contribution in [0.4, 0.5) is 0 Å². The van der Waals surface area contributed by atoms with E-state index < -0.39 is 0 Å². The molecule has 1 aromatic carbocycles. The van der Waals surface area contributed by atoms with E-state index in [0.717, 1.165) is 31.1 Å². The number of carbonyl (C=O) groups is 1. The average molecular weight is 216 g/mol. The Balaban J connectivity index is 2.69. The molecule has 0 amide bonds. The van der Waals surface area contributed by atoms with E-state index in [1.165, 1.54) is 0 Å². The van der Waals surface area contributed by atoms with Crippen LogP contribution < -0.4 is 0 Å². The van der Waals surface area contributed by atoms with E-state index in [1.54, 1.807) is 0 Å². The van der Waals surface area contributed by atoms with Crippen molar-refractivity contribution in [1.29, 1.82) is 0 Å². The van der Waals surface area contributed by atoms with Crippen LogP contribution in [0.5, 0.6) is 0 Å². The summed E-state index contributed by atoms with van der Waals surface area (Å²) in [5.41, 5.74) is 0.832. The maximum absolute atomic E-state index is 11.1. The highest BCUT2D eigenvalue weighted by Crippen LogP contribution is 2.24. The Morgan fingerprint density at radius 1 is 1.25 bits per heavy atom. The molecule has 1 nitrogen and oxygen atoms in total. The molecule has 0 fully saturated rings. The van der Waals surface area contributed by atoms with Crippen LogP contribution in [0.25, 0.3) is 6.08 Å². The molecule has 0 heterocycles. The Bertz CT molecular complexity index is 340. The molecule has 0 N–H and O–H groups in total. The quantitative estimate of drug-likeness (QED) is 0.654. The number of hydrogen-bond acceptors (Lipinski definition) is 1. The molecule has 0 saturated heterocycles. The third kappa shape index (κ3) is 4.01. The van der Waals surface area contributed by atoms with Gasteiger partial charge < -0.3 is 4.79 Å². The predicted molar refractivity (Wildman–Crippen MR) is 69.2 cm³/mol. The summed E-state index contributed by atoms with van der Waals surface area (Å²) in [7, 11) is 0. The maximum atomic E-state index is 11.1. The fourth-order valence-electron chi connectivity index (χ4n) is 1.59. The van der Waals surface area contributed by atoms with Crippen LogP contribution in [-0.4, -0.2) is 6.29 Å². The summed E-state index contributed by atoms with van der Waals surface area (Å²) < 4.78 is 0. The number of benzene rings is 1. The van der Waals surface area contributed by atoms with Crippen LogP contribution in [0.2, 0.25) is 0 Å². The minimum absolute atomic E-state index is 0.314. The fraction of sp³-hybridized carbons (Fsp3) is 0.400. The Labute approximate surface area is 98.2 Å². The lowest BCUT2D eigenvalue weighted by Gasteiger charge is -2.17. The van der Waals surface area contributed by atoms with Crippen LogP contribution in [0.15, 0.2) is 36.4 Å². The van der Waals surface area contributed by atoms with E-state index in [1.807, 2.05) is 49.4 Å². The molecule has 0 aromatic heterocycles. The van der Waals surface area contributed by atoms with Crippen molar-refractivity contribution in [3.8, 4) is 0 Å². The number of rotatable bonds is 6. The van der Waals surface area contributed by atoms with Gasteiger partial charge in [0.15, 0.2) is 0 Å². The zero-order valence-electron chi connectivity index (χ0n) is 10.1. The van der Waals surface area contributed by atoms with E-state index in [4.69, 9.17) is 0 Å². The van der Waals surface area contributed by atoms with Gasteiger partial charge in [-0.05, 0) is 18.9 Å². The van der Waals surface area contributed by atoms with Crippen molar-refractivity contribution < 1.29 is 4.79 Å². The summed E-state index contributed by atoms with van der Waals surface area (Å²) in [6.07, 6.45) is 8.25. The van der Waals surface area contributed by atoms with E-state index in [0.29, 0.717) is 0 Å². The molecule has 1 rings (SSSR count). The summed E-state index contributed by atoms with van der Waals surface area (Å²) in [6, 6.07) is 10.1. The summed E-state index contributed by atoms with van der Waals surface area (Å²) in [5, 5.41) is 0. The van der Waals surface area contributed by atoms with E-state index >= 15 is 0 Å². The van der Waals surface area contributed by atoms with Crippen LogP contribution in [-0.2, 0) is 4.79 Å². The molecule has 1 unspecified atom stereocenters. The zero-order valence-corrected chi connectivity index (χ0v) is 10.1. The summed E-state index contributed by atoms with van der Waals surface area (Å²) in [6.45, 7) is 4.14. The van der Waals surface area contributed by atoms with Crippen molar-refractivity contribution in [2.24, 2.45) is 5.41 Å². The van der Waals surface area contributed by atoms with Gasteiger partial charge in [0.2, 0.25) is 0 Å². The summed E-state index contributed by atoms with van der Waals surface area (Å²) >= 11 is 0. The molecule has 0 aliphatic carbocycles. The second-order valence-corrected chi connectivity index (χ2v) is 4.47. The Hall–Kier alpha value is -1.37. The van der Waals surface area contributed by atoms with Crippen molar-refractivity contribution in [3.05, 3.63) is 42.0 Å². The standard InChI is InChI=1S/C15H20O/c1-3-4-11-15(2,13-16)12-10-14-8-6-5-7-9-14/h5-10,12-13H,3-4,11H2,1-2H3. The molecular weight excluding hydrogens is 196 g/mol. The van der Waals surface area contributed by atoms with Gasteiger partial charge in [0.1, 0.15) is 6.29 Å². The van der Waals surface area contributed by atoms with Gasteiger partial charge in [0, 0.05) is 5.41 Å². The SMILES string of the molecule is CCCCC(C)(C=O)C=Cc1ccccc1. The molecule has 86 valence electrons. The molecule has 1 aromatic rings. The fourth-order valence-corrected chi connectivity index (χ4v) is 1.59. The molecule has 0 radical (unpaired) electrons. The van der Waals surface area contributed by atoms with Crippen molar-refractivity contribution in [1.82, 2.24) is 0 Å².